The lowest BCUT2D eigenvalue weighted by Gasteiger charge is -2.56. The van der Waals surface area contributed by atoms with Crippen LogP contribution in [0.2, 0.25) is 0 Å². The van der Waals surface area contributed by atoms with Gasteiger partial charge in [-0.3, -0.25) is 4.90 Å². The molecule has 3 aliphatic heterocycles. The second kappa shape index (κ2) is 4.84. The van der Waals surface area contributed by atoms with Gasteiger partial charge < -0.3 is 9.30 Å². The van der Waals surface area contributed by atoms with Gasteiger partial charge in [0, 0.05) is 31.2 Å². The van der Waals surface area contributed by atoms with E-state index in [2.05, 4.69) is 40.7 Å². The summed E-state index contributed by atoms with van der Waals surface area (Å²) in [5, 5.41) is 1.46. The lowest BCUT2D eigenvalue weighted by molar-refractivity contribution is -0.0926. The molecule has 3 heteroatoms. The molecule has 0 amide bonds. The third kappa shape index (κ3) is 1.67. The van der Waals surface area contributed by atoms with Gasteiger partial charge in [0.2, 0.25) is 0 Å². The van der Waals surface area contributed by atoms with Crippen molar-refractivity contribution >= 4 is 10.9 Å². The topological polar surface area (TPSA) is 17.4 Å². The second-order valence-corrected chi connectivity index (χ2v) is 7.65. The predicted octanol–water partition coefficient (Wildman–Crippen LogP) is 4.28. The van der Waals surface area contributed by atoms with Crippen LogP contribution in [-0.4, -0.2) is 29.7 Å². The van der Waals surface area contributed by atoms with Crippen LogP contribution in [0.15, 0.2) is 24.3 Å². The predicted molar refractivity (Wildman–Crippen MR) is 92.6 cm³/mol. The smallest absolute Gasteiger partial charge is 0.134 e. The molecule has 0 aliphatic carbocycles. The molecular weight excluding hydrogens is 284 g/mol. The standard InChI is InChI=1S/C20H26N2O/c1-3-20-10-6-11-21-12-9-15-14-7-4-5-8-16(14)22(17(13-20)23-2)18(15)19(20)21/h4-5,7-8,17,19H,3,6,9-13H2,1-2H3/t17?,19-,20-/m1/s1. The molecule has 1 saturated heterocycles. The van der Waals surface area contributed by atoms with Crippen molar-refractivity contribution in [3.8, 4) is 0 Å². The van der Waals surface area contributed by atoms with E-state index in [1.807, 2.05) is 7.11 Å². The average Bonchev–Trinajstić information content (AvgIpc) is 2.95. The molecule has 3 nitrogen and oxygen atoms in total. The maximum absolute atomic E-state index is 6.02. The first-order chi connectivity index (χ1) is 11.3. The Morgan fingerprint density at radius 1 is 1.26 bits per heavy atom. The Morgan fingerprint density at radius 2 is 2.13 bits per heavy atom. The van der Waals surface area contributed by atoms with E-state index in [-0.39, 0.29) is 6.23 Å². The minimum absolute atomic E-state index is 0.192. The number of piperidine rings is 1. The number of hydrogen-bond donors (Lipinski definition) is 0. The maximum Gasteiger partial charge on any atom is 0.134 e. The van der Waals surface area contributed by atoms with Crippen molar-refractivity contribution in [1.82, 2.24) is 9.47 Å². The van der Waals surface area contributed by atoms with Crippen molar-refractivity contribution in [2.24, 2.45) is 5.41 Å². The number of para-hydroxylation sites is 1. The summed E-state index contributed by atoms with van der Waals surface area (Å²) in [6, 6.07) is 9.56. The fourth-order valence-corrected chi connectivity index (χ4v) is 5.82. The Morgan fingerprint density at radius 3 is 2.96 bits per heavy atom. The fraction of sp³-hybridized carbons (Fsp3) is 0.600. The molecule has 0 saturated carbocycles. The van der Waals surface area contributed by atoms with Crippen molar-refractivity contribution in [3.05, 3.63) is 35.5 Å². The number of hydrogen-bond acceptors (Lipinski definition) is 2. The zero-order valence-corrected chi connectivity index (χ0v) is 14.2. The van der Waals surface area contributed by atoms with Crippen LogP contribution in [0.25, 0.3) is 10.9 Å². The molecular formula is C20H26N2O. The van der Waals surface area contributed by atoms with Crippen LogP contribution in [-0.2, 0) is 11.2 Å². The quantitative estimate of drug-likeness (QED) is 0.824. The van der Waals surface area contributed by atoms with E-state index in [1.165, 1.54) is 49.7 Å². The molecule has 23 heavy (non-hydrogen) atoms. The molecule has 0 bridgehead atoms. The van der Waals surface area contributed by atoms with Crippen molar-refractivity contribution in [2.75, 3.05) is 20.2 Å². The molecule has 5 rings (SSSR count). The number of fused-ring (bicyclic) bond motifs is 3. The highest BCUT2D eigenvalue weighted by Gasteiger charge is 2.53. The third-order valence-corrected chi connectivity index (χ3v) is 6.88. The second-order valence-electron chi connectivity index (χ2n) is 7.65. The Balaban J connectivity index is 1.85. The third-order valence-electron chi connectivity index (χ3n) is 6.88. The van der Waals surface area contributed by atoms with Gasteiger partial charge in [-0.05, 0) is 49.3 Å². The van der Waals surface area contributed by atoms with Gasteiger partial charge in [0.25, 0.3) is 0 Å². The van der Waals surface area contributed by atoms with E-state index >= 15 is 0 Å². The Bertz CT molecular complexity index is 764. The monoisotopic (exact) mass is 310 g/mol. The average molecular weight is 310 g/mol. The van der Waals surface area contributed by atoms with Gasteiger partial charge in [0.15, 0.2) is 0 Å². The number of benzene rings is 1. The van der Waals surface area contributed by atoms with Gasteiger partial charge in [-0.15, -0.1) is 0 Å². The summed E-state index contributed by atoms with van der Waals surface area (Å²) in [5.41, 5.74) is 4.96. The number of aromatic nitrogens is 1. The molecule has 3 aliphatic rings. The SMILES string of the molecule is CC[C@@]12CCCN3CCc4c(n(c5ccccc45)C(OC)C1)[C@@H]32. The Kier molecular flexibility index (Phi) is 2.96. The molecule has 1 fully saturated rings. The van der Waals surface area contributed by atoms with Gasteiger partial charge in [-0.25, -0.2) is 0 Å². The lowest BCUT2D eigenvalue weighted by atomic mass is 9.64. The van der Waals surface area contributed by atoms with Gasteiger partial charge in [-0.2, -0.15) is 0 Å². The van der Waals surface area contributed by atoms with Crippen LogP contribution < -0.4 is 0 Å². The molecule has 0 spiro atoms. The van der Waals surface area contributed by atoms with Gasteiger partial charge in [0.05, 0.1) is 11.6 Å². The van der Waals surface area contributed by atoms with E-state index in [9.17, 15) is 0 Å². The van der Waals surface area contributed by atoms with Crippen molar-refractivity contribution in [1.29, 1.82) is 0 Å². The van der Waals surface area contributed by atoms with Gasteiger partial charge in [0.1, 0.15) is 6.23 Å². The Hall–Kier alpha value is -1.32. The van der Waals surface area contributed by atoms with Crippen LogP contribution in [0.5, 0.6) is 0 Å². The van der Waals surface area contributed by atoms with Crippen molar-refractivity contribution in [3.63, 3.8) is 0 Å². The molecule has 1 unspecified atom stereocenters. The number of ether oxygens (including phenoxy) is 1. The summed E-state index contributed by atoms with van der Waals surface area (Å²) in [7, 11) is 1.89. The van der Waals surface area contributed by atoms with E-state index < -0.39 is 0 Å². The highest BCUT2D eigenvalue weighted by atomic mass is 16.5. The summed E-state index contributed by atoms with van der Waals surface area (Å²) < 4.78 is 8.56. The first-order valence-electron chi connectivity index (χ1n) is 9.17. The highest BCUT2D eigenvalue weighted by molar-refractivity contribution is 5.86. The first-order valence-corrected chi connectivity index (χ1v) is 9.17. The van der Waals surface area contributed by atoms with Crippen LogP contribution in [0.4, 0.5) is 0 Å². The van der Waals surface area contributed by atoms with Crippen LogP contribution in [0.3, 0.4) is 0 Å². The lowest BCUT2D eigenvalue weighted by Crippen LogP contribution is -2.53. The first kappa shape index (κ1) is 14.1. The van der Waals surface area contributed by atoms with Gasteiger partial charge in [-0.1, -0.05) is 25.1 Å². The summed E-state index contributed by atoms with van der Waals surface area (Å²) in [4.78, 5) is 2.77. The molecule has 0 N–H and O–H groups in total. The maximum atomic E-state index is 6.02. The molecule has 1 aromatic carbocycles. The summed E-state index contributed by atoms with van der Waals surface area (Å²) in [5.74, 6) is 0. The molecule has 122 valence electrons. The van der Waals surface area contributed by atoms with E-state index in [4.69, 9.17) is 4.74 Å². The summed E-state index contributed by atoms with van der Waals surface area (Å²) >= 11 is 0. The molecule has 2 aromatic rings. The number of nitrogens with zero attached hydrogens (tertiary/aromatic N) is 2. The van der Waals surface area contributed by atoms with E-state index in [1.54, 1.807) is 11.3 Å². The minimum atomic E-state index is 0.192. The van der Waals surface area contributed by atoms with Crippen molar-refractivity contribution < 1.29 is 4.74 Å². The fourth-order valence-electron chi connectivity index (χ4n) is 5.82. The van der Waals surface area contributed by atoms with E-state index in [0.717, 1.165) is 6.42 Å². The normalized spacial score (nSPS) is 33.0. The zero-order valence-electron chi connectivity index (χ0n) is 14.2. The van der Waals surface area contributed by atoms with Crippen molar-refractivity contribution in [2.45, 2.75) is 51.3 Å². The van der Waals surface area contributed by atoms with Gasteiger partial charge >= 0.3 is 0 Å². The van der Waals surface area contributed by atoms with Crippen LogP contribution >= 0.6 is 0 Å². The van der Waals surface area contributed by atoms with Crippen LogP contribution in [0, 0.1) is 5.41 Å². The highest BCUT2D eigenvalue weighted by Crippen LogP contribution is 2.59. The molecule has 1 aromatic heterocycles. The number of rotatable bonds is 2. The molecule has 0 radical (unpaired) electrons. The van der Waals surface area contributed by atoms with Crippen LogP contribution in [0.1, 0.15) is 56.1 Å². The minimum Gasteiger partial charge on any atom is -0.361 e. The number of methoxy groups -OCH3 is 1. The molecule has 4 heterocycles. The zero-order chi connectivity index (χ0) is 15.6. The summed E-state index contributed by atoms with van der Waals surface area (Å²) in [6.07, 6.45) is 6.50. The largest absolute Gasteiger partial charge is 0.361 e. The van der Waals surface area contributed by atoms with E-state index in [0.29, 0.717) is 11.5 Å². The molecule has 3 atom stereocenters. The Labute approximate surface area is 138 Å². The summed E-state index contributed by atoms with van der Waals surface area (Å²) in [6.45, 7) is 4.89.